The second-order valence-corrected chi connectivity index (χ2v) is 8.99. The van der Waals surface area contributed by atoms with Crippen LogP contribution in [0.5, 0.6) is 0 Å². The Kier molecular flexibility index (Phi) is 4.19. The third-order valence-electron chi connectivity index (χ3n) is 3.00. The summed E-state index contributed by atoms with van der Waals surface area (Å²) in [5.41, 5.74) is 0.348. The summed E-state index contributed by atoms with van der Waals surface area (Å²) in [6, 6.07) is 2.30. The number of sulfone groups is 2. The van der Waals surface area contributed by atoms with Crippen LogP contribution in [-0.4, -0.2) is 63.6 Å². The predicted octanol–water partition coefficient (Wildman–Crippen LogP) is -0.253. The highest BCUT2D eigenvalue weighted by molar-refractivity contribution is 7.91. The number of rotatable bonds is 2. The van der Waals surface area contributed by atoms with Gasteiger partial charge in [-0.25, -0.2) is 26.6 Å². The number of hydrogen-bond acceptors (Lipinski definition) is 6. The number of carbonyl (C=O) groups excluding carboxylic acids is 1. The molecule has 21 heavy (non-hydrogen) atoms. The molecule has 0 spiro atoms. The van der Waals surface area contributed by atoms with Crippen LogP contribution in [-0.2, 0) is 19.7 Å². The lowest BCUT2D eigenvalue weighted by Crippen LogP contribution is -2.45. The second-order valence-electron chi connectivity index (χ2n) is 4.73. The number of hydrogen-bond donors (Lipinski definition) is 1. The Morgan fingerprint density at radius 2 is 1.90 bits per heavy atom. The summed E-state index contributed by atoms with van der Waals surface area (Å²) < 4.78 is 45.1. The first-order valence-electron chi connectivity index (χ1n) is 6.10. The van der Waals surface area contributed by atoms with Gasteiger partial charge in [0.15, 0.2) is 24.7 Å². The van der Waals surface area contributed by atoms with Crippen LogP contribution in [0.4, 0.5) is 10.5 Å². The first-order valence-corrected chi connectivity index (χ1v) is 9.81. The van der Waals surface area contributed by atoms with Gasteiger partial charge in [-0.3, -0.25) is 0 Å². The van der Waals surface area contributed by atoms with Crippen molar-refractivity contribution in [2.24, 2.45) is 0 Å². The summed E-state index contributed by atoms with van der Waals surface area (Å²) >= 11 is 0. The molecule has 1 aromatic heterocycles. The zero-order chi connectivity index (χ0) is 15.7. The standard InChI is InChI=1S/C11H15N3O5S2/c1-20(16,17)10-3-2-9(8-12-10)13-11(15)14-4-6-21(18,19)7-5-14/h2-3,8H,4-7H2,1H3,(H,13,15). The van der Waals surface area contributed by atoms with Gasteiger partial charge < -0.3 is 10.2 Å². The molecule has 0 bridgehead atoms. The largest absolute Gasteiger partial charge is 0.322 e. The molecule has 0 aromatic carbocycles. The van der Waals surface area contributed by atoms with Crippen LogP contribution in [0.2, 0.25) is 0 Å². The maximum absolute atomic E-state index is 11.9. The van der Waals surface area contributed by atoms with Crippen molar-refractivity contribution in [2.45, 2.75) is 5.03 Å². The minimum Gasteiger partial charge on any atom is -0.322 e. The topological polar surface area (TPSA) is 114 Å². The van der Waals surface area contributed by atoms with Crippen LogP contribution < -0.4 is 5.32 Å². The number of anilines is 1. The molecule has 8 nitrogen and oxygen atoms in total. The molecule has 1 fully saturated rings. The monoisotopic (exact) mass is 333 g/mol. The van der Waals surface area contributed by atoms with Crippen molar-refractivity contribution < 1.29 is 21.6 Å². The Labute approximate surface area is 123 Å². The molecule has 116 valence electrons. The fraction of sp³-hybridized carbons (Fsp3) is 0.455. The molecule has 0 unspecified atom stereocenters. The molecule has 0 radical (unpaired) electrons. The summed E-state index contributed by atoms with van der Waals surface area (Å²) in [4.78, 5) is 17.1. The molecule has 2 rings (SSSR count). The average molecular weight is 333 g/mol. The van der Waals surface area contributed by atoms with E-state index in [4.69, 9.17) is 0 Å². The van der Waals surface area contributed by atoms with Crippen LogP contribution in [0.25, 0.3) is 0 Å². The Hall–Kier alpha value is -1.68. The van der Waals surface area contributed by atoms with Crippen LogP contribution in [0.3, 0.4) is 0 Å². The maximum Gasteiger partial charge on any atom is 0.321 e. The Bertz CT molecular complexity index is 727. The first kappa shape index (κ1) is 15.7. The minimum absolute atomic E-state index is 0.0499. The van der Waals surface area contributed by atoms with Crippen molar-refractivity contribution in [3.63, 3.8) is 0 Å². The van der Waals surface area contributed by atoms with Gasteiger partial charge in [0.1, 0.15) is 0 Å². The molecule has 0 saturated carbocycles. The fourth-order valence-corrected chi connectivity index (χ4v) is 3.55. The van der Waals surface area contributed by atoms with E-state index in [9.17, 15) is 21.6 Å². The predicted molar refractivity (Wildman–Crippen MR) is 76.6 cm³/mol. The van der Waals surface area contributed by atoms with Crippen LogP contribution in [0.1, 0.15) is 0 Å². The lowest BCUT2D eigenvalue weighted by atomic mass is 10.4. The number of pyridine rings is 1. The molecule has 1 N–H and O–H groups in total. The fourth-order valence-electron chi connectivity index (χ4n) is 1.79. The van der Waals surface area contributed by atoms with Gasteiger partial charge >= 0.3 is 6.03 Å². The Morgan fingerprint density at radius 3 is 2.38 bits per heavy atom. The Balaban J connectivity index is 2.00. The van der Waals surface area contributed by atoms with E-state index >= 15 is 0 Å². The molecule has 2 heterocycles. The van der Waals surface area contributed by atoms with E-state index in [2.05, 4.69) is 10.3 Å². The minimum atomic E-state index is -3.38. The van der Waals surface area contributed by atoms with Gasteiger partial charge in [-0.05, 0) is 12.1 Å². The van der Waals surface area contributed by atoms with E-state index in [0.717, 1.165) is 6.26 Å². The van der Waals surface area contributed by atoms with Gasteiger partial charge in [0, 0.05) is 19.3 Å². The maximum atomic E-state index is 11.9. The van der Waals surface area contributed by atoms with Crippen LogP contribution in [0, 0.1) is 0 Å². The van der Waals surface area contributed by atoms with Gasteiger partial charge in [0.2, 0.25) is 0 Å². The summed E-state index contributed by atoms with van der Waals surface area (Å²) in [7, 11) is -6.43. The number of aromatic nitrogens is 1. The number of carbonyl (C=O) groups is 1. The zero-order valence-corrected chi connectivity index (χ0v) is 12.9. The number of urea groups is 1. The highest BCUT2D eigenvalue weighted by Gasteiger charge is 2.25. The molecule has 1 aromatic rings. The van der Waals surface area contributed by atoms with Crippen molar-refractivity contribution in [2.75, 3.05) is 36.2 Å². The summed E-state index contributed by atoms with van der Waals surface area (Å²) in [5.74, 6) is -0.0998. The third-order valence-corrected chi connectivity index (χ3v) is 5.61. The molecular formula is C11H15N3O5S2. The van der Waals surface area contributed by atoms with Crippen molar-refractivity contribution in [3.8, 4) is 0 Å². The molecule has 0 aliphatic carbocycles. The van der Waals surface area contributed by atoms with Gasteiger partial charge in [0.05, 0.1) is 23.4 Å². The summed E-state index contributed by atoms with van der Waals surface area (Å²) in [6.45, 7) is 0.284. The number of nitrogens with zero attached hydrogens (tertiary/aromatic N) is 2. The summed E-state index contributed by atoms with van der Waals surface area (Å²) in [5, 5.41) is 2.47. The van der Waals surface area contributed by atoms with Crippen LogP contribution in [0.15, 0.2) is 23.4 Å². The van der Waals surface area contributed by atoms with Gasteiger partial charge in [-0.1, -0.05) is 0 Å². The number of nitrogens with one attached hydrogen (secondary N) is 1. The lowest BCUT2D eigenvalue weighted by Gasteiger charge is -2.26. The van der Waals surface area contributed by atoms with Gasteiger partial charge in [-0.15, -0.1) is 0 Å². The number of amides is 2. The van der Waals surface area contributed by atoms with E-state index in [0.29, 0.717) is 5.69 Å². The molecular weight excluding hydrogens is 318 g/mol. The van der Waals surface area contributed by atoms with Crippen LogP contribution >= 0.6 is 0 Å². The molecule has 1 saturated heterocycles. The molecule has 0 atom stereocenters. The van der Waals surface area contributed by atoms with Crippen molar-refractivity contribution in [3.05, 3.63) is 18.3 Å². The van der Waals surface area contributed by atoms with Crippen molar-refractivity contribution in [1.82, 2.24) is 9.88 Å². The molecule has 2 amide bonds. The molecule has 10 heteroatoms. The van der Waals surface area contributed by atoms with E-state index in [1.54, 1.807) is 0 Å². The lowest BCUT2D eigenvalue weighted by molar-refractivity contribution is 0.216. The SMILES string of the molecule is CS(=O)(=O)c1ccc(NC(=O)N2CCS(=O)(=O)CC2)cn1. The third kappa shape index (κ3) is 4.14. The van der Waals surface area contributed by atoms with Gasteiger partial charge in [0.25, 0.3) is 0 Å². The van der Waals surface area contributed by atoms with E-state index in [-0.39, 0.29) is 29.6 Å². The van der Waals surface area contributed by atoms with E-state index in [1.807, 2.05) is 0 Å². The first-order chi connectivity index (χ1) is 9.67. The summed E-state index contributed by atoms with van der Waals surface area (Å²) in [6.07, 6.45) is 2.29. The average Bonchev–Trinajstić information content (AvgIpc) is 2.38. The highest BCUT2D eigenvalue weighted by Crippen LogP contribution is 2.12. The highest BCUT2D eigenvalue weighted by atomic mass is 32.2. The van der Waals surface area contributed by atoms with Gasteiger partial charge in [-0.2, -0.15) is 0 Å². The van der Waals surface area contributed by atoms with Crippen molar-refractivity contribution >= 4 is 31.4 Å². The van der Waals surface area contributed by atoms with E-state index < -0.39 is 25.7 Å². The quantitative estimate of drug-likeness (QED) is 0.798. The smallest absolute Gasteiger partial charge is 0.321 e. The Morgan fingerprint density at radius 1 is 1.29 bits per heavy atom. The molecule has 1 aliphatic rings. The van der Waals surface area contributed by atoms with Crippen molar-refractivity contribution in [1.29, 1.82) is 0 Å². The molecule has 1 aliphatic heterocycles. The second kappa shape index (κ2) is 5.60. The normalized spacial score (nSPS) is 18.2. The van der Waals surface area contributed by atoms with E-state index in [1.165, 1.54) is 23.2 Å². The zero-order valence-electron chi connectivity index (χ0n) is 11.3.